The van der Waals surface area contributed by atoms with Crippen LogP contribution in [-0.2, 0) is 10.0 Å². The van der Waals surface area contributed by atoms with E-state index in [1.807, 2.05) is 13.8 Å². The van der Waals surface area contributed by atoms with Gasteiger partial charge < -0.3 is 11.1 Å². The number of rotatable bonds is 7. The second-order valence-electron chi connectivity index (χ2n) is 5.78. The second-order valence-corrected chi connectivity index (χ2v) is 7.72. The van der Waals surface area contributed by atoms with Crippen molar-refractivity contribution in [2.75, 3.05) is 19.6 Å². The van der Waals surface area contributed by atoms with Gasteiger partial charge in [0.25, 0.3) is 5.91 Å². The van der Waals surface area contributed by atoms with Crippen molar-refractivity contribution in [2.24, 2.45) is 5.73 Å². The number of carbonyl (C=O) groups is 1. The molecule has 1 rings (SSSR count). The lowest BCUT2D eigenvalue weighted by atomic mass is 10.1. The van der Waals surface area contributed by atoms with Crippen molar-refractivity contribution >= 4 is 15.9 Å². The maximum absolute atomic E-state index is 12.3. The maximum Gasteiger partial charge on any atom is 0.251 e. The highest BCUT2D eigenvalue weighted by atomic mass is 32.2. The van der Waals surface area contributed by atoms with Crippen LogP contribution in [0.15, 0.2) is 29.2 Å². The summed E-state index contributed by atoms with van der Waals surface area (Å²) in [5.74, 6) is -0.273. The van der Waals surface area contributed by atoms with Crippen molar-refractivity contribution in [1.82, 2.24) is 9.62 Å². The molecule has 1 aromatic carbocycles. The standard InChI is InChI=1S/C15H25N3O3S/c1-5-18(6-2)22(20,21)13-9-7-12(8-10-13)14(19)17-11-15(3,4)16/h7-10H,5-6,11,16H2,1-4H3,(H,17,19). The Morgan fingerprint density at radius 1 is 1.18 bits per heavy atom. The lowest BCUT2D eigenvalue weighted by Crippen LogP contribution is -2.45. The fraction of sp³-hybridized carbons (Fsp3) is 0.533. The second kappa shape index (κ2) is 7.21. The van der Waals surface area contributed by atoms with E-state index in [9.17, 15) is 13.2 Å². The van der Waals surface area contributed by atoms with Gasteiger partial charge in [0, 0.05) is 30.7 Å². The van der Waals surface area contributed by atoms with Gasteiger partial charge in [-0.25, -0.2) is 8.42 Å². The Hall–Kier alpha value is -1.44. The van der Waals surface area contributed by atoms with Crippen LogP contribution in [0.4, 0.5) is 0 Å². The molecule has 0 aliphatic rings. The van der Waals surface area contributed by atoms with Gasteiger partial charge in [0.1, 0.15) is 0 Å². The molecule has 124 valence electrons. The Labute approximate surface area is 132 Å². The molecule has 0 atom stereocenters. The predicted molar refractivity (Wildman–Crippen MR) is 87.1 cm³/mol. The van der Waals surface area contributed by atoms with Crippen LogP contribution < -0.4 is 11.1 Å². The van der Waals surface area contributed by atoms with Gasteiger partial charge in [-0.1, -0.05) is 13.8 Å². The Balaban J connectivity index is 2.89. The van der Waals surface area contributed by atoms with Crippen molar-refractivity contribution in [3.05, 3.63) is 29.8 Å². The third-order valence-corrected chi connectivity index (χ3v) is 5.23. The van der Waals surface area contributed by atoms with Crippen LogP contribution in [0.1, 0.15) is 38.1 Å². The molecular formula is C15H25N3O3S. The monoisotopic (exact) mass is 327 g/mol. The van der Waals surface area contributed by atoms with Crippen molar-refractivity contribution in [3.63, 3.8) is 0 Å². The summed E-state index contributed by atoms with van der Waals surface area (Å²) >= 11 is 0. The minimum Gasteiger partial charge on any atom is -0.350 e. The minimum absolute atomic E-state index is 0.187. The highest BCUT2D eigenvalue weighted by Crippen LogP contribution is 2.16. The highest BCUT2D eigenvalue weighted by Gasteiger charge is 2.21. The summed E-state index contributed by atoms with van der Waals surface area (Å²) in [6.45, 7) is 8.36. The van der Waals surface area contributed by atoms with Crippen molar-refractivity contribution in [2.45, 2.75) is 38.1 Å². The molecular weight excluding hydrogens is 302 g/mol. The Morgan fingerprint density at radius 2 is 1.68 bits per heavy atom. The molecule has 0 unspecified atom stereocenters. The van der Waals surface area contributed by atoms with E-state index in [0.717, 1.165) is 0 Å². The molecule has 0 radical (unpaired) electrons. The number of hydrogen-bond donors (Lipinski definition) is 2. The van der Waals surface area contributed by atoms with Crippen LogP contribution in [0, 0.1) is 0 Å². The topological polar surface area (TPSA) is 92.5 Å². The van der Waals surface area contributed by atoms with Gasteiger partial charge in [0.2, 0.25) is 10.0 Å². The van der Waals surface area contributed by atoms with Crippen molar-refractivity contribution in [1.29, 1.82) is 0 Å². The van der Waals surface area contributed by atoms with Crippen molar-refractivity contribution in [3.8, 4) is 0 Å². The minimum atomic E-state index is -3.50. The predicted octanol–water partition coefficient (Wildman–Crippen LogP) is 1.18. The first kappa shape index (κ1) is 18.6. The quantitative estimate of drug-likeness (QED) is 0.786. The van der Waals surface area contributed by atoms with Gasteiger partial charge in [0.15, 0.2) is 0 Å². The molecule has 0 heterocycles. The van der Waals surface area contributed by atoms with Crippen LogP contribution in [0.2, 0.25) is 0 Å². The molecule has 6 nitrogen and oxygen atoms in total. The average Bonchev–Trinajstić information content (AvgIpc) is 2.45. The largest absolute Gasteiger partial charge is 0.350 e. The number of carbonyl (C=O) groups excluding carboxylic acids is 1. The first-order valence-corrected chi connectivity index (χ1v) is 8.73. The number of nitrogens with one attached hydrogen (secondary N) is 1. The summed E-state index contributed by atoms with van der Waals surface area (Å²) in [4.78, 5) is 12.2. The summed E-state index contributed by atoms with van der Waals surface area (Å²) in [5.41, 5.74) is 5.71. The van der Waals surface area contributed by atoms with E-state index in [-0.39, 0.29) is 10.8 Å². The first-order chi connectivity index (χ1) is 10.1. The summed E-state index contributed by atoms with van der Waals surface area (Å²) in [6, 6.07) is 5.93. The van der Waals surface area contributed by atoms with Gasteiger partial charge in [-0.2, -0.15) is 4.31 Å². The maximum atomic E-state index is 12.3. The summed E-state index contributed by atoms with van der Waals surface area (Å²) in [6.07, 6.45) is 0. The molecule has 22 heavy (non-hydrogen) atoms. The van der Waals surface area contributed by atoms with Gasteiger partial charge in [-0.05, 0) is 38.1 Å². The highest BCUT2D eigenvalue weighted by molar-refractivity contribution is 7.89. The molecule has 0 aliphatic carbocycles. The molecule has 3 N–H and O–H groups in total. The van der Waals surface area contributed by atoms with Crippen molar-refractivity contribution < 1.29 is 13.2 Å². The van der Waals surface area contributed by atoms with E-state index in [2.05, 4.69) is 5.32 Å². The fourth-order valence-corrected chi connectivity index (χ4v) is 3.36. The van der Waals surface area contributed by atoms with Gasteiger partial charge in [0.05, 0.1) is 4.90 Å². The lowest BCUT2D eigenvalue weighted by molar-refractivity contribution is 0.0946. The van der Waals surface area contributed by atoms with Gasteiger partial charge >= 0.3 is 0 Å². The van der Waals surface area contributed by atoms with E-state index in [4.69, 9.17) is 5.73 Å². The summed E-state index contributed by atoms with van der Waals surface area (Å²) in [5, 5.41) is 2.72. The molecule has 0 spiro atoms. The Bertz CT molecular complexity index is 600. The normalized spacial score (nSPS) is 12.5. The SMILES string of the molecule is CCN(CC)S(=O)(=O)c1ccc(C(=O)NCC(C)(C)N)cc1. The van der Waals surface area contributed by atoms with E-state index in [1.54, 1.807) is 13.8 Å². The van der Waals surface area contributed by atoms with E-state index in [0.29, 0.717) is 25.2 Å². The zero-order chi connectivity index (χ0) is 17.0. The lowest BCUT2D eigenvalue weighted by Gasteiger charge is -2.19. The number of nitrogens with zero attached hydrogens (tertiary/aromatic N) is 1. The molecule has 1 amide bonds. The molecule has 0 aliphatic heterocycles. The summed E-state index contributed by atoms with van der Waals surface area (Å²) < 4.78 is 26.1. The number of nitrogens with two attached hydrogens (primary N) is 1. The molecule has 7 heteroatoms. The average molecular weight is 327 g/mol. The molecule has 0 saturated carbocycles. The first-order valence-electron chi connectivity index (χ1n) is 7.29. The smallest absolute Gasteiger partial charge is 0.251 e. The third kappa shape index (κ3) is 4.79. The fourth-order valence-electron chi connectivity index (χ4n) is 1.90. The zero-order valence-electron chi connectivity index (χ0n) is 13.6. The van der Waals surface area contributed by atoms with Gasteiger partial charge in [-0.3, -0.25) is 4.79 Å². The van der Waals surface area contributed by atoms with Crippen LogP contribution in [0.3, 0.4) is 0 Å². The van der Waals surface area contributed by atoms with E-state index < -0.39 is 15.6 Å². The molecule has 0 aromatic heterocycles. The summed E-state index contributed by atoms with van der Waals surface area (Å²) in [7, 11) is -3.50. The number of amides is 1. The molecule has 0 saturated heterocycles. The van der Waals surface area contributed by atoms with Crippen LogP contribution in [-0.4, -0.2) is 43.8 Å². The Morgan fingerprint density at radius 3 is 2.09 bits per heavy atom. The van der Waals surface area contributed by atoms with Crippen LogP contribution >= 0.6 is 0 Å². The van der Waals surface area contributed by atoms with Gasteiger partial charge in [-0.15, -0.1) is 0 Å². The number of hydrogen-bond acceptors (Lipinski definition) is 4. The number of benzene rings is 1. The third-order valence-electron chi connectivity index (χ3n) is 3.16. The van der Waals surface area contributed by atoms with Crippen LogP contribution in [0.25, 0.3) is 0 Å². The van der Waals surface area contributed by atoms with Crippen LogP contribution in [0.5, 0.6) is 0 Å². The van der Waals surface area contributed by atoms with E-state index >= 15 is 0 Å². The molecule has 1 aromatic rings. The Kier molecular flexibility index (Phi) is 6.10. The molecule has 0 fully saturated rings. The molecule has 0 bridgehead atoms. The zero-order valence-corrected chi connectivity index (χ0v) is 14.4. The number of sulfonamides is 1. The van der Waals surface area contributed by atoms with E-state index in [1.165, 1.54) is 28.6 Å².